The summed E-state index contributed by atoms with van der Waals surface area (Å²) in [6, 6.07) is 41.5. The number of aliphatic hydroxyl groups excluding tert-OH is 2. The van der Waals surface area contributed by atoms with Gasteiger partial charge in [-0.2, -0.15) is 0 Å². The number of hydrogen-bond donors (Lipinski definition) is 2. The summed E-state index contributed by atoms with van der Waals surface area (Å²) in [7, 11) is 0. The lowest BCUT2D eigenvalue weighted by Crippen LogP contribution is -2.32. The molecule has 0 radical (unpaired) electrons. The third kappa shape index (κ3) is 3.83. The van der Waals surface area contributed by atoms with Crippen molar-refractivity contribution < 1.29 is 19.7 Å². The molecule has 0 saturated carbocycles. The molecule has 2 unspecified atom stereocenters. The van der Waals surface area contributed by atoms with E-state index in [1.54, 1.807) is 13.8 Å². The molecule has 0 aromatic heterocycles. The Kier molecular flexibility index (Phi) is 6.04. The summed E-state index contributed by atoms with van der Waals surface area (Å²) in [5.74, 6) is 1.17. The fourth-order valence-corrected chi connectivity index (χ4v) is 6.74. The first-order valence-electron chi connectivity index (χ1n) is 13.9. The quantitative estimate of drug-likeness (QED) is 0.212. The van der Waals surface area contributed by atoms with Crippen molar-refractivity contribution in [2.75, 3.05) is 0 Å². The van der Waals surface area contributed by atoms with Crippen LogP contribution in [0, 0.1) is 0 Å². The third-order valence-corrected chi connectivity index (χ3v) is 8.08. The molecule has 7 rings (SSSR count). The fourth-order valence-electron chi connectivity index (χ4n) is 6.74. The van der Waals surface area contributed by atoms with Crippen LogP contribution in [-0.2, 0) is 5.41 Å². The van der Waals surface area contributed by atoms with Gasteiger partial charge in [0.2, 0.25) is 0 Å². The van der Waals surface area contributed by atoms with Crippen molar-refractivity contribution in [3.8, 4) is 22.6 Å². The summed E-state index contributed by atoms with van der Waals surface area (Å²) in [6.45, 7) is 3.25. The first-order valence-corrected chi connectivity index (χ1v) is 13.9. The van der Waals surface area contributed by atoms with Crippen molar-refractivity contribution >= 4 is 21.5 Å². The summed E-state index contributed by atoms with van der Waals surface area (Å²) in [6.07, 6.45) is -2.06. The highest BCUT2D eigenvalue weighted by atomic mass is 16.6. The molecular weight excluding hydrogens is 508 g/mol. The maximum Gasteiger partial charge on any atom is 0.194 e. The highest BCUT2D eigenvalue weighted by Crippen LogP contribution is 2.62. The summed E-state index contributed by atoms with van der Waals surface area (Å²) >= 11 is 0. The van der Waals surface area contributed by atoms with Crippen molar-refractivity contribution in [2.24, 2.45) is 0 Å². The predicted molar refractivity (Wildman–Crippen MR) is 163 cm³/mol. The minimum Gasteiger partial charge on any atom is -0.465 e. The molecular formula is C37H30O4. The van der Waals surface area contributed by atoms with E-state index in [0.717, 1.165) is 54.9 Å². The number of aliphatic hydroxyl groups is 2. The maximum absolute atomic E-state index is 10.6. The lowest BCUT2D eigenvalue weighted by molar-refractivity contribution is -0.00176. The van der Waals surface area contributed by atoms with E-state index in [4.69, 9.17) is 9.47 Å². The van der Waals surface area contributed by atoms with Gasteiger partial charge >= 0.3 is 0 Å². The lowest BCUT2D eigenvalue weighted by Gasteiger charge is -2.38. The minimum atomic E-state index is -1.03. The van der Waals surface area contributed by atoms with E-state index in [-0.39, 0.29) is 0 Å². The molecule has 1 aliphatic carbocycles. The van der Waals surface area contributed by atoms with Crippen LogP contribution in [0.4, 0.5) is 0 Å². The van der Waals surface area contributed by atoms with Gasteiger partial charge in [0.05, 0.1) is 5.41 Å². The Morgan fingerprint density at radius 2 is 0.878 bits per heavy atom. The fraction of sp³-hybridized carbons (Fsp3) is 0.135. The SMILES string of the molecule is CC(O)Oc1ccc2ccccc2c1C1(c2c(OC(C)O)ccc3ccccc23)c2ccccc2-c2ccccc21. The van der Waals surface area contributed by atoms with Crippen LogP contribution in [-0.4, -0.2) is 22.8 Å². The normalized spacial score (nSPS) is 14.8. The number of ether oxygens (including phenoxy) is 2. The monoisotopic (exact) mass is 538 g/mol. The van der Waals surface area contributed by atoms with Crippen LogP contribution in [0.2, 0.25) is 0 Å². The number of fused-ring (bicyclic) bond motifs is 5. The van der Waals surface area contributed by atoms with Crippen LogP contribution in [0.15, 0.2) is 121 Å². The summed E-state index contributed by atoms with van der Waals surface area (Å²) in [5.41, 5.74) is 5.33. The van der Waals surface area contributed by atoms with Crippen LogP contribution in [0.25, 0.3) is 32.7 Å². The highest BCUT2D eigenvalue weighted by molar-refractivity contribution is 6.00. The van der Waals surface area contributed by atoms with E-state index in [1.807, 2.05) is 48.5 Å². The van der Waals surface area contributed by atoms with Gasteiger partial charge in [-0.3, -0.25) is 0 Å². The zero-order chi connectivity index (χ0) is 28.1. The van der Waals surface area contributed by atoms with Crippen molar-refractivity contribution in [1.82, 2.24) is 0 Å². The molecule has 0 amide bonds. The second-order valence-electron chi connectivity index (χ2n) is 10.6. The standard InChI is InChI=1S/C37H30O4/c1-23(38)40-33-21-19-25-11-3-5-13-27(25)35(33)37(31-17-9-7-15-29(31)30-16-8-10-18-32(30)37)36-28-14-6-4-12-26(28)20-22-34(36)41-24(2)39/h3-24,38-39H,1-2H3. The van der Waals surface area contributed by atoms with Gasteiger partial charge in [-0.1, -0.05) is 109 Å². The summed E-state index contributed by atoms with van der Waals surface area (Å²) in [4.78, 5) is 0. The Bertz CT molecular complexity index is 1780. The van der Waals surface area contributed by atoms with Gasteiger partial charge in [0.15, 0.2) is 12.6 Å². The Morgan fingerprint density at radius 1 is 0.488 bits per heavy atom. The number of rotatable bonds is 6. The zero-order valence-electron chi connectivity index (χ0n) is 22.9. The molecule has 0 heterocycles. The van der Waals surface area contributed by atoms with Crippen LogP contribution in [0.5, 0.6) is 11.5 Å². The second kappa shape index (κ2) is 9.77. The molecule has 0 spiro atoms. The number of hydrogen-bond acceptors (Lipinski definition) is 4. The average molecular weight is 539 g/mol. The van der Waals surface area contributed by atoms with E-state index < -0.39 is 18.0 Å². The maximum atomic E-state index is 10.6. The largest absolute Gasteiger partial charge is 0.465 e. The highest BCUT2D eigenvalue weighted by Gasteiger charge is 2.51. The zero-order valence-corrected chi connectivity index (χ0v) is 22.9. The van der Waals surface area contributed by atoms with Crippen LogP contribution in [0.1, 0.15) is 36.1 Å². The Hall–Kier alpha value is -4.64. The number of benzene rings is 6. The molecule has 4 heteroatoms. The lowest BCUT2D eigenvalue weighted by atomic mass is 9.64. The van der Waals surface area contributed by atoms with Gasteiger partial charge in [0.1, 0.15) is 11.5 Å². The van der Waals surface area contributed by atoms with Crippen molar-refractivity contribution in [3.63, 3.8) is 0 Å². The summed E-state index contributed by atoms with van der Waals surface area (Å²) in [5, 5.41) is 25.2. The average Bonchev–Trinajstić information content (AvgIpc) is 3.27. The van der Waals surface area contributed by atoms with Crippen LogP contribution < -0.4 is 9.47 Å². The van der Waals surface area contributed by atoms with E-state index >= 15 is 0 Å². The van der Waals surface area contributed by atoms with Gasteiger partial charge in [-0.25, -0.2) is 0 Å². The molecule has 0 bridgehead atoms. The van der Waals surface area contributed by atoms with Crippen molar-refractivity contribution in [1.29, 1.82) is 0 Å². The van der Waals surface area contributed by atoms with Crippen LogP contribution in [0.3, 0.4) is 0 Å². The van der Waals surface area contributed by atoms with Gasteiger partial charge in [-0.05, 0) is 69.8 Å². The predicted octanol–water partition coefficient (Wildman–Crippen LogP) is 7.79. The first-order chi connectivity index (χ1) is 20.0. The van der Waals surface area contributed by atoms with Crippen molar-refractivity contribution in [3.05, 3.63) is 144 Å². The topological polar surface area (TPSA) is 58.9 Å². The molecule has 0 aliphatic heterocycles. The molecule has 0 saturated heterocycles. The smallest absolute Gasteiger partial charge is 0.194 e. The Labute approximate surface area is 239 Å². The van der Waals surface area contributed by atoms with E-state index in [2.05, 4.69) is 72.8 Å². The molecule has 41 heavy (non-hydrogen) atoms. The molecule has 2 atom stereocenters. The first kappa shape index (κ1) is 25.3. The van der Waals surface area contributed by atoms with Gasteiger partial charge < -0.3 is 19.7 Å². The van der Waals surface area contributed by atoms with Gasteiger partial charge in [0, 0.05) is 11.1 Å². The van der Waals surface area contributed by atoms with Crippen molar-refractivity contribution in [2.45, 2.75) is 31.8 Å². The van der Waals surface area contributed by atoms with E-state index in [0.29, 0.717) is 11.5 Å². The Balaban J connectivity index is 1.78. The Morgan fingerprint density at radius 3 is 1.32 bits per heavy atom. The van der Waals surface area contributed by atoms with Crippen LogP contribution >= 0.6 is 0 Å². The van der Waals surface area contributed by atoms with Gasteiger partial charge in [-0.15, -0.1) is 0 Å². The third-order valence-electron chi connectivity index (χ3n) is 8.08. The van der Waals surface area contributed by atoms with E-state index in [9.17, 15) is 10.2 Å². The second-order valence-corrected chi connectivity index (χ2v) is 10.6. The molecule has 1 aliphatic rings. The molecule has 2 N–H and O–H groups in total. The molecule has 202 valence electrons. The van der Waals surface area contributed by atoms with E-state index in [1.165, 1.54) is 0 Å². The molecule has 6 aromatic carbocycles. The summed E-state index contributed by atoms with van der Waals surface area (Å²) < 4.78 is 12.5. The van der Waals surface area contributed by atoms with Gasteiger partial charge in [0.25, 0.3) is 0 Å². The minimum absolute atomic E-state index is 0.584. The molecule has 6 aromatic rings. The molecule has 0 fully saturated rings. The molecule has 4 nitrogen and oxygen atoms in total.